The SMILES string of the molecule is CS(=O)(=O)c1cccc(N(Cc2cccnc2N2CCS(=O)(=O)c3ccccc32)c2cccnc2)c1. The van der Waals surface area contributed by atoms with Gasteiger partial charge in [-0.05, 0) is 48.5 Å². The number of anilines is 4. The van der Waals surface area contributed by atoms with E-state index in [0.29, 0.717) is 23.7 Å². The average molecular weight is 521 g/mol. The lowest BCUT2D eigenvalue weighted by atomic mass is 10.1. The second-order valence-electron chi connectivity index (χ2n) is 8.49. The van der Waals surface area contributed by atoms with Crippen molar-refractivity contribution in [3.8, 4) is 0 Å². The largest absolute Gasteiger partial charge is 0.336 e. The van der Waals surface area contributed by atoms with Crippen LogP contribution in [0.25, 0.3) is 0 Å². The number of sulfone groups is 2. The smallest absolute Gasteiger partial charge is 0.182 e. The third-order valence-electron chi connectivity index (χ3n) is 6.04. The highest BCUT2D eigenvalue weighted by atomic mass is 32.2. The Bertz CT molecular complexity index is 1620. The fourth-order valence-electron chi connectivity index (χ4n) is 4.30. The summed E-state index contributed by atoms with van der Waals surface area (Å²) in [7, 11) is -6.77. The van der Waals surface area contributed by atoms with Crippen LogP contribution < -0.4 is 9.80 Å². The van der Waals surface area contributed by atoms with Crippen molar-refractivity contribution in [3.05, 3.63) is 97.0 Å². The molecule has 0 saturated heterocycles. The molecule has 184 valence electrons. The van der Waals surface area contributed by atoms with Crippen LogP contribution in [0.5, 0.6) is 0 Å². The quantitative estimate of drug-likeness (QED) is 0.374. The van der Waals surface area contributed by atoms with Gasteiger partial charge in [-0.15, -0.1) is 0 Å². The number of pyridine rings is 2. The van der Waals surface area contributed by atoms with Crippen molar-refractivity contribution in [1.82, 2.24) is 9.97 Å². The number of para-hydroxylation sites is 1. The molecule has 2 aromatic heterocycles. The first-order valence-electron chi connectivity index (χ1n) is 11.2. The van der Waals surface area contributed by atoms with Gasteiger partial charge in [-0.2, -0.15) is 0 Å². The molecule has 0 amide bonds. The molecule has 0 spiro atoms. The fourth-order valence-corrected chi connectivity index (χ4v) is 6.39. The summed E-state index contributed by atoms with van der Waals surface area (Å²) in [6.07, 6.45) is 6.26. The molecule has 4 aromatic rings. The molecule has 0 aliphatic carbocycles. The summed E-state index contributed by atoms with van der Waals surface area (Å²) in [5.41, 5.74) is 2.90. The summed E-state index contributed by atoms with van der Waals surface area (Å²) in [6, 6.07) is 21.2. The molecular formula is C26H24N4O4S2. The van der Waals surface area contributed by atoms with Crippen molar-refractivity contribution in [3.63, 3.8) is 0 Å². The van der Waals surface area contributed by atoms with E-state index in [1.54, 1.807) is 55.0 Å². The highest BCUT2D eigenvalue weighted by Gasteiger charge is 2.30. The zero-order valence-electron chi connectivity index (χ0n) is 19.5. The van der Waals surface area contributed by atoms with Crippen LogP contribution in [0.1, 0.15) is 5.56 Å². The van der Waals surface area contributed by atoms with E-state index in [9.17, 15) is 16.8 Å². The molecule has 10 heteroatoms. The summed E-state index contributed by atoms with van der Waals surface area (Å²) in [6.45, 7) is 0.632. The first kappa shape index (κ1) is 24.0. The third kappa shape index (κ3) is 4.69. The summed E-state index contributed by atoms with van der Waals surface area (Å²) < 4.78 is 49.8. The van der Waals surface area contributed by atoms with Gasteiger partial charge < -0.3 is 9.80 Å². The molecule has 1 aliphatic rings. The minimum absolute atomic E-state index is 0.0112. The standard InChI is InChI=1S/C26H24N4O4S2/c1-35(31,32)23-10-4-8-21(17-23)30(22-9-6-13-27-18-22)19-20-7-5-14-28-26(20)29-15-16-36(33,34)25-12-3-2-11-24(25)29/h2-14,17-18H,15-16,19H2,1H3. The zero-order chi connectivity index (χ0) is 25.3. The molecule has 1 aliphatic heterocycles. The Morgan fingerprint density at radius 1 is 0.944 bits per heavy atom. The Kier molecular flexibility index (Phi) is 6.23. The molecule has 36 heavy (non-hydrogen) atoms. The zero-order valence-corrected chi connectivity index (χ0v) is 21.2. The van der Waals surface area contributed by atoms with E-state index in [4.69, 9.17) is 0 Å². The van der Waals surface area contributed by atoms with Gasteiger partial charge in [0.15, 0.2) is 19.7 Å². The van der Waals surface area contributed by atoms with Gasteiger partial charge in [-0.3, -0.25) is 4.98 Å². The van der Waals surface area contributed by atoms with E-state index in [2.05, 4.69) is 9.97 Å². The molecular weight excluding hydrogens is 496 g/mol. The van der Waals surface area contributed by atoms with Crippen LogP contribution in [-0.2, 0) is 26.2 Å². The fraction of sp³-hybridized carbons (Fsp3) is 0.154. The van der Waals surface area contributed by atoms with Gasteiger partial charge in [0.2, 0.25) is 0 Å². The van der Waals surface area contributed by atoms with Crippen LogP contribution in [0.2, 0.25) is 0 Å². The Labute approximate surface area is 210 Å². The van der Waals surface area contributed by atoms with E-state index < -0.39 is 19.7 Å². The number of nitrogens with zero attached hydrogens (tertiary/aromatic N) is 4. The summed E-state index contributed by atoms with van der Waals surface area (Å²) in [4.78, 5) is 13.3. The maximum Gasteiger partial charge on any atom is 0.182 e. The predicted octanol–water partition coefficient (Wildman–Crippen LogP) is 4.14. The van der Waals surface area contributed by atoms with Crippen LogP contribution in [0.3, 0.4) is 0 Å². The van der Waals surface area contributed by atoms with E-state index in [1.165, 1.54) is 6.26 Å². The van der Waals surface area contributed by atoms with Gasteiger partial charge in [0.05, 0.1) is 39.7 Å². The Balaban J connectivity index is 1.61. The maximum atomic E-state index is 12.7. The highest BCUT2D eigenvalue weighted by molar-refractivity contribution is 7.91. The molecule has 0 fully saturated rings. The lowest BCUT2D eigenvalue weighted by molar-refractivity contribution is 0.592. The number of hydrogen-bond acceptors (Lipinski definition) is 8. The molecule has 0 atom stereocenters. The molecule has 3 heterocycles. The molecule has 2 aromatic carbocycles. The Hall–Kier alpha value is -3.76. The molecule has 0 N–H and O–H groups in total. The van der Waals surface area contributed by atoms with Crippen LogP contribution >= 0.6 is 0 Å². The Morgan fingerprint density at radius 2 is 1.72 bits per heavy atom. The second-order valence-corrected chi connectivity index (χ2v) is 12.6. The lowest BCUT2D eigenvalue weighted by Gasteiger charge is -2.33. The van der Waals surface area contributed by atoms with Gasteiger partial charge >= 0.3 is 0 Å². The summed E-state index contributed by atoms with van der Waals surface area (Å²) >= 11 is 0. The molecule has 0 saturated carbocycles. The number of aromatic nitrogens is 2. The second kappa shape index (κ2) is 9.36. The first-order valence-corrected chi connectivity index (χ1v) is 14.8. The summed E-state index contributed by atoms with van der Waals surface area (Å²) in [5.74, 6) is 0.635. The molecule has 0 radical (unpaired) electrons. The van der Waals surface area contributed by atoms with Crippen molar-refractivity contribution >= 4 is 42.6 Å². The minimum atomic E-state index is -3.40. The molecule has 0 unspecified atom stereocenters. The average Bonchev–Trinajstić information content (AvgIpc) is 2.88. The van der Waals surface area contributed by atoms with E-state index in [1.807, 2.05) is 46.2 Å². The monoisotopic (exact) mass is 520 g/mol. The van der Waals surface area contributed by atoms with E-state index >= 15 is 0 Å². The van der Waals surface area contributed by atoms with Crippen LogP contribution in [0, 0.1) is 0 Å². The number of benzene rings is 2. The summed E-state index contributed by atoms with van der Waals surface area (Å²) in [5, 5.41) is 0. The van der Waals surface area contributed by atoms with Crippen molar-refractivity contribution in [2.75, 3.05) is 28.4 Å². The topological polar surface area (TPSA) is 101 Å². The van der Waals surface area contributed by atoms with Gasteiger partial charge in [0.1, 0.15) is 5.82 Å². The van der Waals surface area contributed by atoms with Gasteiger partial charge in [-0.25, -0.2) is 21.8 Å². The van der Waals surface area contributed by atoms with Crippen molar-refractivity contribution in [2.24, 2.45) is 0 Å². The third-order valence-corrected chi connectivity index (χ3v) is 8.89. The lowest BCUT2D eigenvalue weighted by Crippen LogP contribution is -2.33. The van der Waals surface area contributed by atoms with Gasteiger partial charge in [-0.1, -0.05) is 24.3 Å². The van der Waals surface area contributed by atoms with Gasteiger partial charge in [0.25, 0.3) is 0 Å². The maximum absolute atomic E-state index is 12.7. The highest BCUT2D eigenvalue weighted by Crippen LogP contribution is 2.37. The predicted molar refractivity (Wildman–Crippen MR) is 139 cm³/mol. The van der Waals surface area contributed by atoms with Crippen molar-refractivity contribution in [1.29, 1.82) is 0 Å². The molecule has 8 nitrogen and oxygen atoms in total. The van der Waals surface area contributed by atoms with Gasteiger partial charge in [0, 0.05) is 36.4 Å². The van der Waals surface area contributed by atoms with E-state index in [-0.39, 0.29) is 22.1 Å². The van der Waals surface area contributed by atoms with Crippen molar-refractivity contribution < 1.29 is 16.8 Å². The van der Waals surface area contributed by atoms with Crippen LogP contribution in [0.4, 0.5) is 22.9 Å². The first-order chi connectivity index (χ1) is 17.2. The van der Waals surface area contributed by atoms with Crippen LogP contribution in [-0.4, -0.2) is 45.4 Å². The number of rotatable bonds is 6. The van der Waals surface area contributed by atoms with Crippen LogP contribution in [0.15, 0.2) is 101 Å². The minimum Gasteiger partial charge on any atom is -0.336 e. The normalized spacial score (nSPS) is 14.8. The molecule has 0 bridgehead atoms. The number of hydrogen-bond donors (Lipinski definition) is 0. The molecule has 5 rings (SSSR count). The van der Waals surface area contributed by atoms with E-state index in [0.717, 1.165) is 11.3 Å². The number of fused-ring (bicyclic) bond motifs is 1. The Morgan fingerprint density at radius 3 is 2.50 bits per heavy atom. The van der Waals surface area contributed by atoms with Crippen molar-refractivity contribution in [2.45, 2.75) is 16.3 Å².